The Kier molecular flexibility index (Phi) is 6.68. The van der Waals surface area contributed by atoms with Crippen LogP contribution in [0.5, 0.6) is 0 Å². The minimum Gasteiger partial charge on any atom is -0.397 e. The number of hydrogen-bond donors (Lipinski definition) is 3. The van der Waals surface area contributed by atoms with Crippen LogP contribution in [-0.4, -0.2) is 4.98 Å². The monoisotopic (exact) mass is 386 g/mol. The molecule has 29 heavy (non-hydrogen) atoms. The van der Waals surface area contributed by atoms with E-state index in [0.717, 1.165) is 47.2 Å². The van der Waals surface area contributed by atoms with E-state index in [9.17, 15) is 0 Å². The van der Waals surface area contributed by atoms with Crippen LogP contribution >= 0.6 is 0 Å². The Morgan fingerprint density at radius 3 is 1.83 bits per heavy atom. The van der Waals surface area contributed by atoms with Gasteiger partial charge in [0.05, 0.1) is 11.4 Å². The summed E-state index contributed by atoms with van der Waals surface area (Å²) in [6, 6.07) is 16.6. The molecule has 0 unspecified atom stereocenters. The lowest BCUT2D eigenvalue weighted by atomic mass is 9.91. The number of nitrogens with zero attached hydrogens (tertiary/aromatic N) is 1. The van der Waals surface area contributed by atoms with E-state index in [1.807, 2.05) is 24.3 Å². The summed E-state index contributed by atoms with van der Waals surface area (Å²) in [5.74, 6) is 5.89. The van der Waals surface area contributed by atoms with Crippen LogP contribution in [0, 0.1) is 0 Å². The van der Waals surface area contributed by atoms with Crippen molar-refractivity contribution in [2.45, 2.75) is 40.0 Å². The van der Waals surface area contributed by atoms with Crippen LogP contribution < -0.4 is 17.0 Å². The minimum atomic E-state index is 0.663. The lowest BCUT2D eigenvalue weighted by molar-refractivity contribution is 0.974. The van der Waals surface area contributed by atoms with E-state index in [1.165, 1.54) is 16.7 Å². The van der Waals surface area contributed by atoms with Gasteiger partial charge in [0.25, 0.3) is 0 Å². The number of nitrogens with one attached hydrogen (secondary N) is 1. The number of pyridine rings is 1. The lowest BCUT2D eigenvalue weighted by Gasteiger charge is -2.17. The third-order valence-corrected chi connectivity index (χ3v) is 5.46. The summed E-state index contributed by atoms with van der Waals surface area (Å²) in [5.41, 5.74) is 19.2. The van der Waals surface area contributed by atoms with E-state index in [2.05, 4.69) is 55.4 Å². The molecular formula is C25H30N4. The van der Waals surface area contributed by atoms with Crippen LogP contribution in [0.4, 0.5) is 0 Å². The van der Waals surface area contributed by atoms with Crippen molar-refractivity contribution >= 4 is 11.4 Å². The van der Waals surface area contributed by atoms with Gasteiger partial charge in [-0.05, 0) is 71.3 Å². The van der Waals surface area contributed by atoms with Crippen LogP contribution in [0.2, 0.25) is 0 Å². The van der Waals surface area contributed by atoms with E-state index < -0.39 is 0 Å². The number of benzene rings is 2. The van der Waals surface area contributed by atoms with Crippen molar-refractivity contribution in [3.8, 4) is 11.1 Å². The summed E-state index contributed by atoms with van der Waals surface area (Å²) in [7, 11) is 0. The molecule has 0 fully saturated rings. The van der Waals surface area contributed by atoms with Crippen molar-refractivity contribution in [3.63, 3.8) is 0 Å². The molecule has 0 spiro atoms. The first-order valence-electron chi connectivity index (χ1n) is 10.2. The van der Waals surface area contributed by atoms with Crippen molar-refractivity contribution in [3.05, 3.63) is 88.7 Å². The Morgan fingerprint density at radius 2 is 1.34 bits per heavy atom. The summed E-state index contributed by atoms with van der Waals surface area (Å²) >= 11 is 0. The molecule has 3 rings (SSSR count). The Morgan fingerprint density at radius 1 is 0.793 bits per heavy atom. The Balaban J connectivity index is 2.04. The smallest absolute Gasteiger partial charge is 0.0795 e. The van der Waals surface area contributed by atoms with Gasteiger partial charge in [-0.15, -0.1) is 0 Å². The number of rotatable bonds is 7. The summed E-state index contributed by atoms with van der Waals surface area (Å²) < 4.78 is 0. The Hall–Kier alpha value is -3.11. The van der Waals surface area contributed by atoms with Crippen molar-refractivity contribution in [2.24, 2.45) is 11.6 Å². The zero-order chi connectivity index (χ0) is 20.8. The first-order valence-corrected chi connectivity index (χ1v) is 10.2. The average Bonchev–Trinajstić information content (AvgIpc) is 2.79. The summed E-state index contributed by atoms with van der Waals surface area (Å²) in [6.45, 7) is 6.60. The molecule has 0 amide bonds. The molecular weight excluding hydrogens is 356 g/mol. The van der Waals surface area contributed by atoms with Crippen molar-refractivity contribution in [2.75, 3.05) is 0 Å². The molecule has 0 aliphatic rings. The van der Waals surface area contributed by atoms with Crippen molar-refractivity contribution in [1.29, 1.82) is 0 Å². The van der Waals surface area contributed by atoms with Gasteiger partial charge in [0, 0.05) is 23.5 Å². The standard InChI is InChI=1S/C25H30N4/c1-4-17-15-22(16-18(5-2)23(17)6-3)24(26)25(29-27)21-9-7-19(8-10-21)20-11-13-28-14-12-20/h7-16,29H,4-6,26-27H2,1-3H3/b25-24-. The van der Waals surface area contributed by atoms with Gasteiger partial charge in [-0.3, -0.25) is 10.8 Å². The Labute approximate surface area is 173 Å². The fourth-order valence-electron chi connectivity index (χ4n) is 3.87. The van der Waals surface area contributed by atoms with E-state index in [-0.39, 0.29) is 0 Å². The zero-order valence-electron chi connectivity index (χ0n) is 17.5. The molecule has 0 radical (unpaired) electrons. The molecule has 4 heteroatoms. The number of hydrogen-bond acceptors (Lipinski definition) is 4. The second kappa shape index (κ2) is 9.39. The third-order valence-electron chi connectivity index (χ3n) is 5.46. The predicted octanol–water partition coefficient (Wildman–Crippen LogP) is 4.68. The Bertz CT molecular complexity index is 964. The van der Waals surface area contributed by atoms with Crippen LogP contribution in [0.15, 0.2) is 60.9 Å². The summed E-state index contributed by atoms with van der Waals surface area (Å²) in [5, 5.41) is 0. The fourth-order valence-corrected chi connectivity index (χ4v) is 3.87. The molecule has 3 aromatic rings. The zero-order valence-corrected chi connectivity index (χ0v) is 17.5. The maximum absolute atomic E-state index is 6.60. The minimum absolute atomic E-state index is 0.663. The molecule has 1 aromatic heterocycles. The van der Waals surface area contributed by atoms with Crippen LogP contribution in [0.25, 0.3) is 22.5 Å². The molecule has 150 valence electrons. The summed E-state index contributed by atoms with van der Waals surface area (Å²) in [6.07, 6.45) is 6.61. The van der Waals surface area contributed by atoms with E-state index >= 15 is 0 Å². The molecule has 0 saturated carbocycles. The van der Waals surface area contributed by atoms with Gasteiger partial charge in [0.15, 0.2) is 0 Å². The predicted molar refractivity (Wildman–Crippen MR) is 123 cm³/mol. The van der Waals surface area contributed by atoms with Crippen LogP contribution in [0.1, 0.15) is 48.6 Å². The molecule has 2 aromatic carbocycles. The molecule has 5 N–H and O–H groups in total. The van der Waals surface area contributed by atoms with Crippen LogP contribution in [-0.2, 0) is 19.3 Å². The van der Waals surface area contributed by atoms with Gasteiger partial charge in [-0.2, -0.15) is 0 Å². The molecule has 0 aliphatic carbocycles. The van der Waals surface area contributed by atoms with E-state index in [0.29, 0.717) is 5.70 Å². The van der Waals surface area contributed by atoms with Crippen LogP contribution in [0.3, 0.4) is 0 Å². The first-order chi connectivity index (χ1) is 14.1. The number of hydrazine groups is 1. The largest absolute Gasteiger partial charge is 0.397 e. The first kappa shape index (κ1) is 20.6. The second-order valence-electron chi connectivity index (χ2n) is 7.08. The van der Waals surface area contributed by atoms with Gasteiger partial charge in [0.1, 0.15) is 0 Å². The summed E-state index contributed by atoms with van der Waals surface area (Å²) in [4.78, 5) is 4.08. The van der Waals surface area contributed by atoms with Crippen molar-refractivity contribution < 1.29 is 0 Å². The van der Waals surface area contributed by atoms with Gasteiger partial charge < -0.3 is 11.2 Å². The van der Waals surface area contributed by atoms with E-state index in [1.54, 1.807) is 12.4 Å². The molecule has 0 aliphatic heterocycles. The highest BCUT2D eigenvalue weighted by molar-refractivity contribution is 5.89. The molecule has 4 nitrogen and oxygen atoms in total. The molecule has 1 heterocycles. The molecule has 0 atom stereocenters. The average molecular weight is 387 g/mol. The highest BCUT2D eigenvalue weighted by atomic mass is 15.2. The van der Waals surface area contributed by atoms with Gasteiger partial charge in [0.2, 0.25) is 0 Å². The third kappa shape index (κ3) is 4.33. The van der Waals surface area contributed by atoms with E-state index in [4.69, 9.17) is 11.6 Å². The second-order valence-corrected chi connectivity index (χ2v) is 7.08. The fraction of sp³-hybridized carbons (Fsp3) is 0.240. The highest BCUT2D eigenvalue weighted by Gasteiger charge is 2.13. The number of nitrogens with two attached hydrogens (primary N) is 2. The number of aromatic nitrogens is 1. The quantitative estimate of drug-likeness (QED) is 0.313. The molecule has 0 bridgehead atoms. The maximum atomic E-state index is 6.60. The lowest BCUT2D eigenvalue weighted by Crippen LogP contribution is -2.23. The van der Waals surface area contributed by atoms with Crippen molar-refractivity contribution in [1.82, 2.24) is 10.4 Å². The SMILES string of the molecule is CCc1cc(/C(N)=C(/NN)c2ccc(-c3ccncc3)cc2)cc(CC)c1CC. The molecule has 0 saturated heterocycles. The normalized spacial score (nSPS) is 11.9. The highest BCUT2D eigenvalue weighted by Crippen LogP contribution is 2.27. The number of aryl methyl sites for hydroxylation is 2. The maximum Gasteiger partial charge on any atom is 0.0795 e. The van der Waals surface area contributed by atoms with Gasteiger partial charge in [-0.1, -0.05) is 45.0 Å². The van der Waals surface area contributed by atoms with Gasteiger partial charge >= 0.3 is 0 Å². The topological polar surface area (TPSA) is 77.0 Å². The van der Waals surface area contributed by atoms with Gasteiger partial charge in [-0.25, -0.2) is 0 Å².